The number of aryl methyl sites for hydroxylation is 1. The summed E-state index contributed by atoms with van der Waals surface area (Å²) in [5.74, 6) is 1.81. The van der Waals surface area contributed by atoms with Gasteiger partial charge >= 0.3 is 5.69 Å². The fourth-order valence-corrected chi connectivity index (χ4v) is 4.51. The molecule has 1 aliphatic carbocycles. The van der Waals surface area contributed by atoms with Gasteiger partial charge in [0.15, 0.2) is 0 Å². The molecule has 156 valence electrons. The highest BCUT2D eigenvalue weighted by Crippen LogP contribution is 2.36. The summed E-state index contributed by atoms with van der Waals surface area (Å²) < 4.78 is 9.38. The van der Waals surface area contributed by atoms with E-state index in [0.717, 1.165) is 42.3 Å². The van der Waals surface area contributed by atoms with Crippen molar-refractivity contribution in [3.63, 3.8) is 0 Å². The second kappa shape index (κ2) is 7.84. The zero-order valence-electron chi connectivity index (χ0n) is 17.2. The molecule has 4 aromatic rings. The molecule has 1 saturated carbocycles. The molecule has 5 rings (SSSR count). The van der Waals surface area contributed by atoms with Crippen LogP contribution in [0.4, 0.5) is 0 Å². The van der Waals surface area contributed by atoms with E-state index < -0.39 is 0 Å². The smallest absolute Gasteiger partial charge is 0.328 e. The van der Waals surface area contributed by atoms with Crippen molar-refractivity contribution in [2.45, 2.75) is 38.1 Å². The summed E-state index contributed by atoms with van der Waals surface area (Å²) in [6.07, 6.45) is 7.29. The van der Waals surface area contributed by atoms with Crippen LogP contribution in [0.25, 0.3) is 22.5 Å². The standard InChI is InChI=1S/C23H22N6O2/c1-28-19-9-6-16(12-24)11-20(19)29(23(28)30)14-15-4-7-17(8-5-15)21-26-27-22(31-21)18-3-2-10-25-13-18/h2-3,6,9-11,13,15,17H,4-5,7-8,14H2,1H3. The number of rotatable bonds is 4. The lowest BCUT2D eigenvalue weighted by Crippen LogP contribution is -2.27. The van der Waals surface area contributed by atoms with Crippen LogP contribution in [-0.4, -0.2) is 24.3 Å². The number of hydrogen-bond acceptors (Lipinski definition) is 6. The largest absolute Gasteiger partial charge is 0.420 e. The van der Waals surface area contributed by atoms with E-state index in [1.54, 1.807) is 36.1 Å². The molecule has 1 aliphatic rings. The summed E-state index contributed by atoms with van der Waals surface area (Å²) in [5, 5.41) is 17.7. The van der Waals surface area contributed by atoms with Crippen LogP contribution >= 0.6 is 0 Å². The van der Waals surface area contributed by atoms with Crippen molar-refractivity contribution in [1.29, 1.82) is 5.26 Å². The Kier molecular flexibility index (Phi) is 4.86. The van der Waals surface area contributed by atoms with E-state index in [1.165, 1.54) is 0 Å². The van der Waals surface area contributed by atoms with E-state index in [9.17, 15) is 10.1 Å². The summed E-state index contributed by atoms with van der Waals surface area (Å²) in [5.41, 5.74) is 3.03. The summed E-state index contributed by atoms with van der Waals surface area (Å²) in [6, 6.07) is 11.3. The molecule has 3 heterocycles. The predicted molar refractivity (Wildman–Crippen MR) is 114 cm³/mol. The van der Waals surface area contributed by atoms with Gasteiger partial charge in [0.25, 0.3) is 0 Å². The van der Waals surface area contributed by atoms with E-state index in [2.05, 4.69) is 21.3 Å². The number of aromatic nitrogens is 5. The van der Waals surface area contributed by atoms with Gasteiger partial charge in [0.05, 0.1) is 28.2 Å². The van der Waals surface area contributed by atoms with Crippen LogP contribution in [0.15, 0.2) is 51.9 Å². The van der Waals surface area contributed by atoms with E-state index in [4.69, 9.17) is 4.42 Å². The van der Waals surface area contributed by atoms with Crippen molar-refractivity contribution >= 4 is 11.0 Å². The highest BCUT2D eigenvalue weighted by atomic mass is 16.4. The van der Waals surface area contributed by atoms with Crippen LogP contribution in [0.5, 0.6) is 0 Å². The molecule has 8 nitrogen and oxygen atoms in total. The quantitative estimate of drug-likeness (QED) is 0.505. The Labute approximate surface area is 178 Å². The maximum absolute atomic E-state index is 12.8. The van der Waals surface area contributed by atoms with E-state index in [-0.39, 0.29) is 11.6 Å². The first-order valence-corrected chi connectivity index (χ1v) is 10.5. The average Bonchev–Trinajstić information content (AvgIpc) is 3.40. The van der Waals surface area contributed by atoms with E-state index in [1.807, 2.05) is 22.8 Å². The van der Waals surface area contributed by atoms with Crippen molar-refractivity contribution in [2.24, 2.45) is 13.0 Å². The van der Waals surface area contributed by atoms with Crippen LogP contribution < -0.4 is 5.69 Å². The lowest BCUT2D eigenvalue weighted by molar-refractivity contribution is 0.270. The van der Waals surface area contributed by atoms with Crippen molar-refractivity contribution in [1.82, 2.24) is 24.3 Å². The zero-order chi connectivity index (χ0) is 21.4. The Hall–Kier alpha value is -3.73. The number of hydrogen-bond donors (Lipinski definition) is 0. The van der Waals surface area contributed by atoms with Crippen molar-refractivity contribution in [3.05, 3.63) is 64.7 Å². The van der Waals surface area contributed by atoms with Crippen LogP contribution in [-0.2, 0) is 13.6 Å². The third-order valence-corrected chi connectivity index (χ3v) is 6.26. The van der Waals surface area contributed by atoms with Crippen molar-refractivity contribution in [3.8, 4) is 17.5 Å². The molecule has 8 heteroatoms. The second-order valence-corrected chi connectivity index (χ2v) is 8.17. The first kappa shape index (κ1) is 19.2. The Bertz CT molecular complexity index is 1320. The van der Waals surface area contributed by atoms with Gasteiger partial charge < -0.3 is 4.42 Å². The number of nitriles is 1. The van der Waals surface area contributed by atoms with Crippen LogP contribution in [0, 0.1) is 17.2 Å². The summed E-state index contributed by atoms with van der Waals surface area (Å²) in [6.45, 7) is 0.655. The molecule has 0 bridgehead atoms. The molecule has 0 amide bonds. The molecule has 1 aromatic carbocycles. The van der Waals surface area contributed by atoms with Gasteiger partial charge in [-0.3, -0.25) is 14.1 Å². The third-order valence-electron chi connectivity index (χ3n) is 6.26. The van der Waals surface area contributed by atoms with Crippen molar-refractivity contribution < 1.29 is 4.42 Å². The molecule has 0 saturated heterocycles. The van der Waals surface area contributed by atoms with E-state index in [0.29, 0.717) is 29.8 Å². The van der Waals surface area contributed by atoms with Gasteiger partial charge in [-0.25, -0.2) is 4.79 Å². The topological polar surface area (TPSA) is 103 Å². The Morgan fingerprint density at radius 1 is 1.16 bits per heavy atom. The summed E-state index contributed by atoms with van der Waals surface area (Å²) >= 11 is 0. The molecular formula is C23H22N6O2. The summed E-state index contributed by atoms with van der Waals surface area (Å²) in [4.78, 5) is 16.9. The zero-order valence-corrected chi connectivity index (χ0v) is 17.2. The van der Waals surface area contributed by atoms with Gasteiger partial charge in [-0.15, -0.1) is 10.2 Å². The van der Waals surface area contributed by atoms with Crippen molar-refractivity contribution in [2.75, 3.05) is 0 Å². The minimum Gasteiger partial charge on any atom is -0.420 e. The van der Waals surface area contributed by atoms with Crippen LogP contribution in [0.2, 0.25) is 0 Å². The minimum absolute atomic E-state index is 0.0368. The number of benzene rings is 1. The molecular weight excluding hydrogens is 392 g/mol. The van der Waals surface area contributed by atoms with Gasteiger partial charge in [-0.1, -0.05) is 0 Å². The van der Waals surface area contributed by atoms with Crippen LogP contribution in [0.1, 0.15) is 43.1 Å². The van der Waals surface area contributed by atoms with Gasteiger partial charge in [0, 0.05) is 31.9 Å². The number of imidazole rings is 1. The molecule has 0 spiro atoms. The van der Waals surface area contributed by atoms with Gasteiger partial charge in [0.2, 0.25) is 11.8 Å². The molecule has 1 fully saturated rings. The normalized spacial score (nSPS) is 18.8. The third kappa shape index (κ3) is 3.52. The lowest BCUT2D eigenvalue weighted by Gasteiger charge is -2.26. The number of fused-ring (bicyclic) bond motifs is 1. The molecule has 31 heavy (non-hydrogen) atoms. The lowest BCUT2D eigenvalue weighted by atomic mass is 9.82. The average molecular weight is 414 g/mol. The maximum Gasteiger partial charge on any atom is 0.328 e. The molecule has 0 aliphatic heterocycles. The molecule has 0 unspecified atom stereocenters. The first-order chi connectivity index (χ1) is 15.1. The molecule has 0 atom stereocenters. The minimum atomic E-state index is -0.0368. The molecule has 3 aromatic heterocycles. The SMILES string of the molecule is Cn1c(=O)n(CC2CCC(c3nnc(-c4cccnc4)o3)CC2)c2cc(C#N)ccc21. The number of nitrogens with zero attached hydrogens (tertiary/aromatic N) is 6. The monoisotopic (exact) mass is 414 g/mol. The summed E-state index contributed by atoms with van der Waals surface area (Å²) in [7, 11) is 1.78. The maximum atomic E-state index is 12.8. The predicted octanol–water partition coefficient (Wildman–Crippen LogP) is 3.63. The van der Waals surface area contributed by atoms with Gasteiger partial charge in [-0.05, 0) is 61.9 Å². The fourth-order valence-electron chi connectivity index (χ4n) is 4.51. The Morgan fingerprint density at radius 3 is 2.74 bits per heavy atom. The first-order valence-electron chi connectivity index (χ1n) is 10.5. The van der Waals surface area contributed by atoms with Gasteiger partial charge in [0.1, 0.15) is 0 Å². The highest BCUT2D eigenvalue weighted by molar-refractivity contribution is 5.77. The number of pyridine rings is 1. The van der Waals surface area contributed by atoms with E-state index >= 15 is 0 Å². The second-order valence-electron chi connectivity index (χ2n) is 8.17. The highest BCUT2D eigenvalue weighted by Gasteiger charge is 2.27. The Balaban J connectivity index is 1.30. The molecule has 0 radical (unpaired) electrons. The fraction of sp³-hybridized carbons (Fsp3) is 0.348. The molecule has 0 N–H and O–H groups in total. The van der Waals surface area contributed by atoms with Gasteiger partial charge in [-0.2, -0.15) is 5.26 Å². The Morgan fingerprint density at radius 2 is 2.00 bits per heavy atom. The van der Waals surface area contributed by atoms with Crippen LogP contribution in [0.3, 0.4) is 0 Å².